The van der Waals surface area contributed by atoms with Crippen LogP contribution in [-0.4, -0.2) is 25.6 Å². The number of ketones is 1. The zero-order valence-corrected chi connectivity index (χ0v) is 19.2. The minimum Gasteiger partial charge on any atom is -0.490 e. The molecule has 0 radical (unpaired) electrons. The van der Waals surface area contributed by atoms with Crippen molar-refractivity contribution in [3.8, 4) is 11.5 Å². The van der Waals surface area contributed by atoms with Gasteiger partial charge in [0, 0.05) is 0 Å². The molecule has 0 unspecified atom stereocenters. The summed E-state index contributed by atoms with van der Waals surface area (Å²) in [7, 11) is 0. The molecule has 31 heavy (non-hydrogen) atoms. The van der Waals surface area contributed by atoms with Gasteiger partial charge in [-0.05, 0) is 43.0 Å². The molecule has 0 N–H and O–H groups in total. The van der Waals surface area contributed by atoms with E-state index >= 15 is 0 Å². The summed E-state index contributed by atoms with van der Waals surface area (Å²) in [6, 6.07) is 15.3. The van der Waals surface area contributed by atoms with Gasteiger partial charge in [-0.2, -0.15) is 0 Å². The molecular formula is C27H36O4. The first-order chi connectivity index (χ1) is 15.2. The molecule has 4 heteroatoms. The number of carbonyl (C=O) groups excluding carboxylic acids is 1. The summed E-state index contributed by atoms with van der Waals surface area (Å²) in [5, 5.41) is 0. The Kier molecular flexibility index (Phi) is 11.3. The molecule has 0 aromatic heterocycles. The van der Waals surface area contributed by atoms with Crippen molar-refractivity contribution in [2.75, 3.05) is 19.8 Å². The lowest BCUT2D eigenvalue weighted by Gasteiger charge is -2.17. The topological polar surface area (TPSA) is 44.8 Å². The van der Waals surface area contributed by atoms with E-state index in [1.807, 2.05) is 42.5 Å². The van der Waals surface area contributed by atoms with Gasteiger partial charge in [0.1, 0.15) is 0 Å². The fourth-order valence-corrected chi connectivity index (χ4v) is 2.93. The number of hydrogen-bond acceptors (Lipinski definition) is 4. The van der Waals surface area contributed by atoms with Crippen LogP contribution in [0.1, 0.15) is 75.2 Å². The molecule has 0 saturated heterocycles. The zero-order valence-electron chi connectivity index (χ0n) is 19.2. The van der Waals surface area contributed by atoms with E-state index in [9.17, 15) is 4.79 Å². The second kappa shape index (κ2) is 14.3. The number of carbonyl (C=O) groups is 1. The smallest absolute Gasteiger partial charge is 0.231 e. The lowest BCUT2D eigenvalue weighted by Crippen LogP contribution is -2.12. The molecule has 0 aliphatic rings. The molecule has 0 heterocycles. The lowest BCUT2D eigenvalue weighted by atomic mass is 10.1. The van der Waals surface area contributed by atoms with Crippen LogP contribution in [0.3, 0.4) is 0 Å². The molecular weight excluding hydrogens is 388 g/mol. The van der Waals surface area contributed by atoms with Crippen molar-refractivity contribution in [1.29, 1.82) is 0 Å². The maximum absolute atomic E-state index is 13.6. The van der Waals surface area contributed by atoms with Gasteiger partial charge in [-0.3, -0.25) is 4.79 Å². The van der Waals surface area contributed by atoms with E-state index in [4.69, 9.17) is 14.2 Å². The highest BCUT2D eigenvalue weighted by Gasteiger charge is 2.22. The van der Waals surface area contributed by atoms with Gasteiger partial charge >= 0.3 is 0 Å². The van der Waals surface area contributed by atoms with Gasteiger partial charge in [0.25, 0.3) is 0 Å². The van der Waals surface area contributed by atoms with E-state index in [2.05, 4.69) is 20.8 Å². The minimum absolute atomic E-state index is 0.188. The van der Waals surface area contributed by atoms with E-state index in [0.29, 0.717) is 42.6 Å². The van der Waals surface area contributed by atoms with Gasteiger partial charge in [-0.25, -0.2) is 0 Å². The predicted octanol–water partition coefficient (Wildman–Crippen LogP) is 7.08. The van der Waals surface area contributed by atoms with E-state index in [1.165, 1.54) is 0 Å². The average Bonchev–Trinajstić information content (AvgIpc) is 2.80. The molecule has 0 atom stereocenters. The van der Waals surface area contributed by atoms with Crippen LogP contribution in [0.15, 0.2) is 54.3 Å². The van der Waals surface area contributed by atoms with Crippen LogP contribution in [-0.2, 0) is 4.74 Å². The quantitative estimate of drug-likeness (QED) is 0.133. The van der Waals surface area contributed by atoms with Gasteiger partial charge < -0.3 is 14.2 Å². The lowest BCUT2D eigenvalue weighted by molar-refractivity contribution is 0.0915. The van der Waals surface area contributed by atoms with Crippen LogP contribution < -0.4 is 9.47 Å². The van der Waals surface area contributed by atoms with Crippen molar-refractivity contribution in [3.63, 3.8) is 0 Å². The third kappa shape index (κ3) is 8.12. The molecule has 0 spiro atoms. The first-order valence-corrected chi connectivity index (χ1v) is 11.5. The largest absolute Gasteiger partial charge is 0.490 e. The van der Waals surface area contributed by atoms with Gasteiger partial charge in [0.15, 0.2) is 17.3 Å². The van der Waals surface area contributed by atoms with E-state index in [1.54, 1.807) is 12.1 Å². The monoisotopic (exact) mass is 424 g/mol. The maximum atomic E-state index is 13.6. The molecule has 4 nitrogen and oxygen atoms in total. The Balaban J connectivity index is 2.38. The first-order valence-electron chi connectivity index (χ1n) is 11.5. The Bertz CT molecular complexity index is 811. The molecule has 2 rings (SSSR count). The molecule has 0 aliphatic heterocycles. The van der Waals surface area contributed by atoms with E-state index in [0.717, 1.165) is 44.1 Å². The van der Waals surface area contributed by atoms with Crippen molar-refractivity contribution in [3.05, 3.63) is 65.4 Å². The highest BCUT2D eigenvalue weighted by atomic mass is 16.5. The Hall–Kier alpha value is -2.75. The standard InChI is InChI=1S/C27H36O4/c1-4-7-18-29-24-17-13-16-23(27(24)31-20-9-6-3)26(28)25(30-19-8-5-2)21-22-14-11-10-12-15-22/h10-17,21H,4-9,18-20H2,1-3H3. The number of Topliss-reactive ketones (excluding diaryl/α,β-unsaturated/α-hetero) is 1. The van der Waals surface area contributed by atoms with Crippen molar-refractivity contribution >= 4 is 11.9 Å². The second-order valence-electron chi connectivity index (χ2n) is 7.49. The molecule has 168 valence electrons. The summed E-state index contributed by atoms with van der Waals surface area (Å²) in [5.74, 6) is 1.26. The SMILES string of the molecule is CCCCOC(=Cc1ccccc1)C(=O)c1cccc(OCCCC)c1OCCCC. The van der Waals surface area contributed by atoms with Gasteiger partial charge in [-0.15, -0.1) is 0 Å². The number of hydrogen-bond donors (Lipinski definition) is 0. The fraction of sp³-hybridized carbons (Fsp3) is 0.444. The predicted molar refractivity (Wildman–Crippen MR) is 127 cm³/mol. The third-order valence-electron chi connectivity index (χ3n) is 4.80. The molecule has 0 bridgehead atoms. The molecule has 0 amide bonds. The third-order valence-corrected chi connectivity index (χ3v) is 4.80. The summed E-state index contributed by atoms with van der Waals surface area (Å²) >= 11 is 0. The van der Waals surface area contributed by atoms with Crippen LogP contribution in [0.25, 0.3) is 6.08 Å². The van der Waals surface area contributed by atoms with Crippen molar-refractivity contribution in [2.24, 2.45) is 0 Å². The number of allylic oxidation sites excluding steroid dienone is 1. The maximum Gasteiger partial charge on any atom is 0.231 e. The minimum atomic E-state index is -0.188. The summed E-state index contributed by atoms with van der Waals surface area (Å²) in [4.78, 5) is 13.6. The van der Waals surface area contributed by atoms with Gasteiger partial charge in [0.2, 0.25) is 5.78 Å². The molecule has 0 fully saturated rings. The second-order valence-corrected chi connectivity index (χ2v) is 7.49. The summed E-state index contributed by atoms with van der Waals surface area (Å²) in [6.45, 7) is 7.97. The van der Waals surface area contributed by atoms with Crippen LogP contribution in [0.2, 0.25) is 0 Å². The Morgan fingerprint density at radius 2 is 1.42 bits per heavy atom. The highest BCUT2D eigenvalue weighted by molar-refractivity contribution is 6.12. The van der Waals surface area contributed by atoms with E-state index < -0.39 is 0 Å². The van der Waals surface area contributed by atoms with Crippen LogP contribution in [0.4, 0.5) is 0 Å². The molecule has 0 saturated carbocycles. The van der Waals surface area contributed by atoms with Crippen LogP contribution in [0.5, 0.6) is 11.5 Å². The highest BCUT2D eigenvalue weighted by Crippen LogP contribution is 2.34. The summed E-state index contributed by atoms with van der Waals surface area (Å²) < 4.78 is 18.0. The summed E-state index contributed by atoms with van der Waals surface area (Å²) in [5.41, 5.74) is 1.40. The molecule has 2 aromatic rings. The zero-order chi connectivity index (χ0) is 22.3. The normalized spacial score (nSPS) is 11.3. The number of benzene rings is 2. The number of unbranched alkanes of at least 4 members (excludes halogenated alkanes) is 3. The molecule has 2 aromatic carbocycles. The Morgan fingerprint density at radius 3 is 2.10 bits per heavy atom. The Morgan fingerprint density at radius 1 is 0.774 bits per heavy atom. The first kappa shape index (κ1) is 24.5. The number of rotatable bonds is 15. The number of ether oxygens (including phenoxy) is 3. The summed E-state index contributed by atoms with van der Waals surface area (Å²) in [6.07, 6.45) is 7.61. The molecule has 0 aliphatic carbocycles. The van der Waals surface area contributed by atoms with Crippen molar-refractivity contribution in [2.45, 2.75) is 59.3 Å². The fourth-order valence-electron chi connectivity index (χ4n) is 2.93. The van der Waals surface area contributed by atoms with Gasteiger partial charge in [0.05, 0.1) is 25.4 Å². The van der Waals surface area contributed by atoms with Crippen LogP contribution in [0, 0.1) is 0 Å². The van der Waals surface area contributed by atoms with Crippen molar-refractivity contribution < 1.29 is 19.0 Å². The number of para-hydroxylation sites is 1. The van der Waals surface area contributed by atoms with Crippen molar-refractivity contribution in [1.82, 2.24) is 0 Å². The van der Waals surface area contributed by atoms with Gasteiger partial charge in [-0.1, -0.05) is 76.4 Å². The van der Waals surface area contributed by atoms with E-state index in [-0.39, 0.29) is 5.78 Å². The Labute approximate surface area is 187 Å². The van der Waals surface area contributed by atoms with Crippen LogP contribution >= 0.6 is 0 Å². The average molecular weight is 425 g/mol.